The number of likely N-dealkylation sites (tertiary alicyclic amines) is 1. The molecule has 7 heteroatoms. The fraction of sp³-hybridized carbons (Fsp3) is 0.579. The van der Waals surface area contributed by atoms with E-state index in [1.165, 1.54) is 6.92 Å². The lowest BCUT2D eigenvalue weighted by Crippen LogP contribution is -2.49. The first kappa shape index (κ1) is 19.0. The maximum absolute atomic E-state index is 12.5. The van der Waals surface area contributed by atoms with Crippen LogP contribution >= 0.6 is 11.6 Å². The zero-order chi connectivity index (χ0) is 18.7. The molecule has 0 radical (unpaired) electrons. The first-order chi connectivity index (χ1) is 12.5. The zero-order valence-corrected chi connectivity index (χ0v) is 15.9. The Morgan fingerprint density at radius 1 is 1.27 bits per heavy atom. The van der Waals surface area contributed by atoms with E-state index in [1.54, 1.807) is 31.4 Å². The van der Waals surface area contributed by atoms with Gasteiger partial charge in [0, 0.05) is 32.1 Å². The van der Waals surface area contributed by atoms with Crippen LogP contribution in [0.1, 0.15) is 19.8 Å². The minimum atomic E-state index is -0.0450. The summed E-state index contributed by atoms with van der Waals surface area (Å²) in [5.41, 5.74) is 0. The fourth-order valence-electron chi connectivity index (χ4n) is 4.08. The molecule has 142 valence electrons. The zero-order valence-electron chi connectivity index (χ0n) is 15.1. The Morgan fingerprint density at radius 3 is 2.65 bits per heavy atom. The number of carbonyl (C=O) groups is 2. The summed E-state index contributed by atoms with van der Waals surface area (Å²) < 4.78 is 11.1. The van der Waals surface area contributed by atoms with Gasteiger partial charge < -0.3 is 19.7 Å². The molecule has 1 N–H and O–H groups in total. The summed E-state index contributed by atoms with van der Waals surface area (Å²) >= 11 is 5.93. The highest BCUT2D eigenvalue weighted by molar-refractivity contribution is 6.30. The molecule has 26 heavy (non-hydrogen) atoms. The van der Waals surface area contributed by atoms with E-state index in [4.69, 9.17) is 21.1 Å². The second-order valence-corrected chi connectivity index (χ2v) is 7.55. The molecule has 0 spiro atoms. The molecule has 1 aliphatic heterocycles. The van der Waals surface area contributed by atoms with Crippen molar-refractivity contribution in [1.29, 1.82) is 0 Å². The van der Waals surface area contributed by atoms with E-state index in [1.807, 2.05) is 4.90 Å². The Bertz CT molecular complexity index is 669. The predicted octanol–water partition coefficient (Wildman–Crippen LogP) is 2.11. The van der Waals surface area contributed by atoms with E-state index >= 15 is 0 Å². The Labute approximate surface area is 158 Å². The van der Waals surface area contributed by atoms with Gasteiger partial charge in [0.25, 0.3) is 5.91 Å². The van der Waals surface area contributed by atoms with Crippen LogP contribution in [-0.2, 0) is 14.3 Å². The molecule has 1 heterocycles. The van der Waals surface area contributed by atoms with Gasteiger partial charge >= 0.3 is 0 Å². The van der Waals surface area contributed by atoms with E-state index in [0.717, 1.165) is 19.4 Å². The molecule has 3 rings (SSSR count). The number of hydrogen-bond donors (Lipinski definition) is 1. The monoisotopic (exact) mass is 380 g/mol. The van der Waals surface area contributed by atoms with Crippen molar-refractivity contribution in [2.75, 3.05) is 26.8 Å². The van der Waals surface area contributed by atoms with Crippen molar-refractivity contribution >= 4 is 23.4 Å². The van der Waals surface area contributed by atoms with Crippen molar-refractivity contribution in [2.45, 2.75) is 31.9 Å². The van der Waals surface area contributed by atoms with Gasteiger partial charge in [-0.1, -0.05) is 17.7 Å². The van der Waals surface area contributed by atoms with Crippen LogP contribution in [0.2, 0.25) is 5.02 Å². The number of methoxy groups -OCH3 is 1. The number of halogens is 1. The highest BCUT2D eigenvalue weighted by atomic mass is 35.5. The molecular weight excluding hydrogens is 356 g/mol. The van der Waals surface area contributed by atoms with Gasteiger partial charge in [-0.15, -0.1) is 0 Å². The topological polar surface area (TPSA) is 67.9 Å². The van der Waals surface area contributed by atoms with Crippen molar-refractivity contribution in [3.63, 3.8) is 0 Å². The molecule has 0 unspecified atom stereocenters. The standard InChI is InChI=1S/C19H25ClN2O4/c1-12(23)21-17-6-13-9-22(10-14(13)7-18(17)25-2)19(24)11-26-16-5-3-4-15(20)8-16/h3-5,8,13-14,17-18H,6-7,9-11H2,1-2H3,(H,21,23)/t13-,14+,17-,18-/m1/s1. The quantitative estimate of drug-likeness (QED) is 0.849. The van der Waals surface area contributed by atoms with Gasteiger partial charge in [-0.25, -0.2) is 0 Å². The molecule has 0 aromatic heterocycles. The number of rotatable bonds is 5. The van der Waals surface area contributed by atoms with Crippen molar-refractivity contribution in [3.05, 3.63) is 29.3 Å². The lowest BCUT2D eigenvalue weighted by Gasteiger charge is -2.37. The van der Waals surface area contributed by atoms with Crippen LogP contribution in [0.15, 0.2) is 24.3 Å². The molecule has 1 saturated heterocycles. The van der Waals surface area contributed by atoms with Gasteiger partial charge in [0.15, 0.2) is 6.61 Å². The number of carbonyl (C=O) groups excluding carboxylic acids is 2. The predicted molar refractivity (Wildman–Crippen MR) is 98.1 cm³/mol. The third kappa shape index (κ3) is 4.48. The number of nitrogens with one attached hydrogen (secondary N) is 1. The first-order valence-corrected chi connectivity index (χ1v) is 9.30. The minimum absolute atomic E-state index is 0.00193. The van der Waals surface area contributed by atoms with Crippen molar-refractivity contribution < 1.29 is 19.1 Å². The number of hydrogen-bond acceptors (Lipinski definition) is 4. The summed E-state index contributed by atoms with van der Waals surface area (Å²) in [6.45, 7) is 2.95. The molecule has 1 aliphatic carbocycles. The highest BCUT2D eigenvalue weighted by Crippen LogP contribution is 2.37. The average Bonchev–Trinajstić information content (AvgIpc) is 3.01. The Kier molecular flexibility index (Phi) is 6.04. The van der Waals surface area contributed by atoms with Gasteiger partial charge in [-0.3, -0.25) is 9.59 Å². The number of benzene rings is 1. The fourth-order valence-corrected chi connectivity index (χ4v) is 4.26. The number of fused-ring (bicyclic) bond motifs is 1. The number of ether oxygens (including phenoxy) is 2. The van der Waals surface area contributed by atoms with Crippen LogP contribution in [-0.4, -0.2) is 55.7 Å². The van der Waals surface area contributed by atoms with Crippen LogP contribution in [0.25, 0.3) is 0 Å². The van der Waals surface area contributed by atoms with Crippen molar-refractivity contribution in [1.82, 2.24) is 10.2 Å². The normalized spacial score (nSPS) is 27.7. The molecule has 0 bridgehead atoms. The van der Waals surface area contributed by atoms with Gasteiger partial charge in [-0.2, -0.15) is 0 Å². The molecule has 2 aliphatic rings. The van der Waals surface area contributed by atoms with E-state index in [9.17, 15) is 9.59 Å². The molecule has 6 nitrogen and oxygen atoms in total. The molecular formula is C19H25ClN2O4. The smallest absolute Gasteiger partial charge is 0.260 e. The highest BCUT2D eigenvalue weighted by Gasteiger charge is 2.43. The Hall–Kier alpha value is -1.79. The van der Waals surface area contributed by atoms with E-state index in [-0.39, 0.29) is 30.6 Å². The summed E-state index contributed by atoms with van der Waals surface area (Å²) in [4.78, 5) is 25.8. The van der Waals surface area contributed by atoms with E-state index in [2.05, 4.69) is 5.32 Å². The molecule has 1 aromatic rings. The number of nitrogens with zero attached hydrogens (tertiary/aromatic N) is 1. The molecule has 1 aromatic carbocycles. The van der Waals surface area contributed by atoms with Gasteiger partial charge in [-0.05, 0) is 42.9 Å². The largest absolute Gasteiger partial charge is 0.484 e. The van der Waals surface area contributed by atoms with Crippen LogP contribution in [0.4, 0.5) is 0 Å². The molecule has 2 fully saturated rings. The maximum atomic E-state index is 12.5. The Morgan fingerprint density at radius 2 is 2.00 bits per heavy atom. The molecule has 2 amide bonds. The first-order valence-electron chi connectivity index (χ1n) is 8.92. The minimum Gasteiger partial charge on any atom is -0.484 e. The lowest BCUT2D eigenvalue weighted by atomic mass is 9.77. The Balaban J connectivity index is 1.55. The van der Waals surface area contributed by atoms with Crippen molar-refractivity contribution in [2.24, 2.45) is 11.8 Å². The third-order valence-electron chi connectivity index (χ3n) is 5.32. The summed E-state index contributed by atoms with van der Waals surface area (Å²) in [5.74, 6) is 1.31. The SMILES string of the molecule is CO[C@@H]1C[C@H]2CN(C(=O)COc3cccc(Cl)c3)C[C@H]2C[C@H]1NC(C)=O. The summed E-state index contributed by atoms with van der Waals surface area (Å²) in [5, 5.41) is 3.57. The lowest BCUT2D eigenvalue weighted by molar-refractivity contribution is -0.132. The second-order valence-electron chi connectivity index (χ2n) is 7.12. The molecule has 1 saturated carbocycles. The van der Waals surface area contributed by atoms with Gasteiger partial charge in [0.2, 0.25) is 5.91 Å². The van der Waals surface area contributed by atoms with Crippen LogP contribution in [0.3, 0.4) is 0 Å². The summed E-state index contributed by atoms with van der Waals surface area (Å²) in [6.07, 6.45) is 1.69. The van der Waals surface area contributed by atoms with E-state index in [0.29, 0.717) is 29.2 Å². The van der Waals surface area contributed by atoms with Crippen molar-refractivity contribution in [3.8, 4) is 5.75 Å². The second kappa shape index (κ2) is 8.27. The average molecular weight is 381 g/mol. The maximum Gasteiger partial charge on any atom is 0.260 e. The van der Waals surface area contributed by atoms with Crippen LogP contribution in [0.5, 0.6) is 5.75 Å². The summed E-state index contributed by atoms with van der Waals surface area (Å²) in [6, 6.07) is 7.04. The van der Waals surface area contributed by atoms with Gasteiger partial charge in [0.1, 0.15) is 5.75 Å². The molecule has 4 atom stereocenters. The summed E-state index contributed by atoms with van der Waals surface area (Å²) in [7, 11) is 1.68. The van der Waals surface area contributed by atoms with Crippen LogP contribution < -0.4 is 10.1 Å². The number of amides is 2. The van der Waals surface area contributed by atoms with E-state index < -0.39 is 0 Å². The van der Waals surface area contributed by atoms with Gasteiger partial charge in [0.05, 0.1) is 12.1 Å². The van der Waals surface area contributed by atoms with Crippen LogP contribution in [0, 0.1) is 11.8 Å². The third-order valence-corrected chi connectivity index (χ3v) is 5.55.